The van der Waals surface area contributed by atoms with Crippen LogP contribution >= 0.6 is 0 Å². The van der Waals surface area contributed by atoms with Crippen LogP contribution in [0.4, 0.5) is 0 Å². The Balaban J connectivity index is 1.51. The van der Waals surface area contributed by atoms with Crippen LogP contribution in [0.5, 0.6) is 5.75 Å². The number of aliphatic hydroxyl groups is 1. The Morgan fingerprint density at radius 2 is 1.67 bits per heavy atom. The smallest absolute Gasteiger partial charge is 0.248 e. The molecule has 1 atom stereocenters. The first-order valence-corrected chi connectivity index (χ1v) is 12.5. The summed E-state index contributed by atoms with van der Waals surface area (Å²) < 4.78 is 33.1. The molecule has 1 aliphatic rings. The molecule has 180 valence electrons. The van der Waals surface area contributed by atoms with Crippen molar-refractivity contribution in [1.82, 2.24) is 9.21 Å². The SMILES string of the molecule is CC(C)(C)c1ccccc1OC[C@H](O)CN1CCN(S(=O)(=O)c2ccc(C(N)=O)cc2)CC1. The van der Waals surface area contributed by atoms with Gasteiger partial charge >= 0.3 is 0 Å². The van der Waals surface area contributed by atoms with Crippen LogP contribution in [0, 0.1) is 0 Å². The van der Waals surface area contributed by atoms with E-state index in [0.717, 1.165) is 11.3 Å². The molecule has 1 saturated heterocycles. The summed E-state index contributed by atoms with van der Waals surface area (Å²) in [6.07, 6.45) is -0.692. The second-order valence-corrected chi connectivity index (χ2v) is 11.2. The van der Waals surface area contributed by atoms with E-state index >= 15 is 0 Å². The van der Waals surface area contributed by atoms with Gasteiger partial charge in [-0.15, -0.1) is 0 Å². The number of carbonyl (C=O) groups is 1. The highest BCUT2D eigenvalue weighted by atomic mass is 32.2. The summed E-state index contributed by atoms with van der Waals surface area (Å²) in [4.78, 5) is 13.4. The lowest BCUT2D eigenvalue weighted by Gasteiger charge is -2.35. The van der Waals surface area contributed by atoms with E-state index in [-0.39, 0.29) is 22.5 Å². The molecule has 2 aromatic rings. The molecule has 1 aliphatic heterocycles. The number of β-amino-alcohol motifs (C(OH)–C–C–N with tert-alkyl or cyclic N) is 1. The molecule has 1 fully saturated rings. The molecule has 0 bridgehead atoms. The minimum absolute atomic E-state index is 0.0659. The highest BCUT2D eigenvalue weighted by Gasteiger charge is 2.29. The lowest BCUT2D eigenvalue weighted by Crippen LogP contribution is -2.50. The third-order valence-electron chi connectivity index (χ3n) is 5.70. The number of amides is 1. The topological polar surface area (TPSA) is 113 Å². The highest BCUT2D eigenvalue weighted by Crippen LogP contribution is 2.31. The van der Waals surface area contributed by atoms with Crippen molar-refractivity contribution in [2.75, 3.05) is 39.3 Å². The Kier molecular flexibility index (Phi) is 7.79. The average molecular weight is 476 g/mol. The molecule has 0 aromatic heterocycles. The number of piperazine rings is 1. The lowest BCUT2D eigenvalue weighted by molar-refractivity contribution is 0.0563. The second-order valence-electron chi connectivity index (χ2n) is 9.30. The Hall–Kier alpha value is -2.46. The number of ether oxygens (including phenoxy) is 1. The number of para-hydroxylation sites is 1. The van der Waals surface area contributed by atoms with Crippen LogP contribution in [0.15, 0.2) is 53.4 Å². The van der Waals surface area contributed by atoms with Gasteiger partial charge in [0.1, 0.15) is 18.5 Å². The first kappa shape index (κ1) is 25.2. The van der Waals surface area contributed by atoms with Crippen molar-refractivity contribution in [2.24, 2.45) is 5.73 Å². The van der Waals surface area contributed by atoms with E-state index in [1.165, 1.54) is 28.6 Å². The molecule has 0 saturated carbocycles. The third-order valence-corrected chi connectivity index (χ3v) is 7.62. The standard InChI is InChI=1S/C24H33N3O5S/c1-24(2,3)21-6-4-5-7-22(21)32-17-19(28)16-26-12-14-27(15-13-26)33(30,31)20-10-8-18(9-11-20)23(25)29/h4-11,19,28H,12-17H2,1-3H3,(H2,25,29)/t19-/m1/s1. The number of hydrogen-bond donors (Lipinski definition) is 2. The molecule has 0 spiro atoms. The fraction of sp³-hybridized carbons (Fsp3) is 0.458. The van der Waals surface area contributed by atoms with Gasteiger partial charge in [0.2, 0.25) is 15.9 Å². The molecule has 0 aliphatic carbocycles. The molecule has 33 heavy (non-hydrogen) atoms. The average Bonchev–Trinajstić information content (AvgIpc) is 2.77. The van der Waals surface area contributed by atoms with Gasteiger partial charge in [-0.2, -0.15) is 4.31 Å². The van der Waals surface area contributed by atoms with E-state index in [1.807, 2.05) is 29.2 Å². The first-order chi connectivity index (χ1) is 15.5. The lowest BCUT2D eigenvalue weighted by atomic mass is 9.86. The quantitative estimate of drug-likeness (QED) is 0.602. The van der Waals surface area contributed by atoms with Crippen molar-refractivity contribution in [3.8, 4) is 5.75 Å². The van der Waals surface area contributed by atoms with Crippen molar-refractivity contribution >= 4 is 15.9 Å². The van der Waals surface area contributed by atoms with E-state index in [2.05, 4.69) is 20.8 Å². The maximum absolute atomic E-state index is 12.9. The maximum atomic E-state index is 12.9. The summed E-state index contributed by atoms with van der Waals surface area (Å²) in [5, 5.41) is 10.5. The van der Waals surface area contributed by atoms with Crippen molar-refractivity contribution in [3.63, 3.8) is 0 Å². The summed E-state index contributed by atoms with van der Waals surface area (Å²) in [5.74, 6) is 0.166. The first-order valence-electron chi connectivity index (χ1n) is 11.0. The minimum atomic E-state index is -3.65. The zero-order chi connectivity index (χ0) is 24.2. The van der Waals surface area contributed by atoms with Crippen LogP contribution in [-0.4, -0.2) is 74.1 Å². The van der Waals surface area contributed by atoms with Crippen molar-refractivity contribution in [3.05, 3.63) is 59.7 Å². The van der Waals surface area contributed by atoms with Gasteiger partial charge in [-0.1, -0.05) is 39.0 Å². The predicted octanol–water partition coefficient (Wildman–Crippen LogP) is 1.83. The number of carbonyl (C=O) groups excluding carboxylic acids is 1. The van der Waals surface area contributed by atoms with Crippen LogP contribution in [-0.2, 0) is 15.4 Å². The van der Waals surface area contributed by atoms with Gasteiger partial charge in [0.15, 0.2) is 0 Å². The molecule has 3 rings (SSSR count). The Labute approximate surface area is 196 Å². The van der Waals surface area contributed by atoms with Crippen LogP contribution in [0.2, 0.25) is 0 Å². The zero-order valence-corrected chi connectivity index (χ0v) is 20.2. The minimum Gasteiger partial charge on any atom is -0.491 e. The van der Waals surface area contributed by atoms with Crippen LogP contribution < -0.4 is 10.5 Å². The largest absolute Gasteiger partial charge is 0.491 e. The van der Waals surface area contributed by atoms with E-state index in [0.29, 0.717) is 32.7 Å². The molecular formula is C24H33N3O5S. The van der Waals surface area contributed by atoms with Crippen molar-refractivity contribution < 1.29 is 23.1 Å². The second kappa shape index (κ2) is 10.2. The monoisotopic (exact) mass is 475 g/mol. The molecule has 3 N–H and O–H groups in total. The molecule has 1 amide bonds. The molecule has 0 radical (unpaired) electrons. The van der Waals surface area contributed by atoms with E-state index in [9.17, 15) is 18.3 Å². The Bertz CT molecular complexity index is 1060. The van der Waals surface area contributed by atoms with Gasteiger partial charge in [0, 0.05) is 38.3 Å². The predicted molar refractivity (Wildman–Crippen MR) is 127 cm³/mol. The normalized spacial score (nSPS) is 17.0. The fourth-order valence-corrected chi connectivity index (χ4v) is 5.26. The van der Waals surface area contributed by atoms with Crippen molar-refractivity contribution in [1.29, 1.82) is 0 Å². The van der Waals surface area contributed by atoms with E-state index in [4.69, 9.17) is 10.5 Å². The summed E-state index contributed by atoms with van der Waals surface area (Å²) in [7, 11) is -3.65. The number of aliphatic hydroxyl groups excluding tert-OH is 1. The van der Waals surface area contributed by atoms with Gasteiger partial charge in [-0.3, -0.25) is 9.69 Å². The molecular weight excluding hydrogens is 442 g/mol. The maximum Gasteiger partial charge on any atom is 0.248 e. The number of sulfonamides is 1. The van der Waals surface area contributed by atoms with E-state index < -0.39 is 22.0 Å². The van der Waals surface area contributed by atoms with Gasteiger partial charge in [0.25, 0.3) is 0 Å². The van der Waals surface area contributed by atoms with E-state index in [1.54, 1.807) is 0 Å². The highest BCUT2D eigenvalue weighted by molar-refractivity contribution is 7.89. The number of primary amides is 1. The van der Waals surface area contributed by atoms with Crippen LogP contribution in [0.25, 0.3) is 0 Å². The number of hydrogen-bond acceptors (Lipinski definition) is 6. The molecule has 9 heteroatoms. The van der Waals surface area contributed by atoms with Crippen LogP contribution in [0.1, 0.15) is 36.7 Å². The Morgan fingerprint density at radius 3 is 2.24 bits per heavy atom. The summed E-state index contributed by atoms with van der Waals surface area (Å²) in [5.41, 5.74) is 6.50. The molecule has 8 nitrogen and oxygen atoms in total. The molecule has 2 aromatic carbocycles. The van der Waals surface area contributed by atoms with Gasteiger partial charge in [-0.25, -0.2) is 8.42 Å². The van der Waals surface area contributed by atoms with Gasteiger partial charge in [-0.05, 0) is 41.3 Å². The third kappa shape index (κ3) is 6.32. The number of benzene rings is 2. The van der Waals surface area contributed by atoms with Gasteiger partial charge in [0.05, 0.1) is 4.90 Å². The summed E-state index contributed by atoms with van der Waals surface area (Å²) in [6, 6.07) is 13.5. The zero-order valence-electron chi connectivity index (χ0n) is 19.4. The number of nitrogens with two attached hydrogens (primary N) is 1. The van der Waals surface area contributed by atoms with Gasteiger partial charge < -0.3 is 15.6 Å². The number of nitrogens with zero attached hydrogens (tertiary/aromatic N) is 2. The summed E-state index contributed by atoms with van der Waals surface area (Å²) in [6.45, 7) is 8.57. The number of rotatable bonds is 8. The Morgan fingerprint density at radius 1 is 1.06 bits per heavy atom. The summed E-state index contributed by atoms with van der Waals surface area (Å²) >= 11 is 0. The van der Waals surface area contributed by atoms with Crippen LogP contribution in [0.3, 0.4) is 0 Å². The fourth-order valence-electron chi connectivity index (χ4n) is 3.84. The van der Waals surface area contributed by atoms with Crippen molar-refractivity contribution in [2.45, 2.75) is 37.2 Å². The molecule has 1 heterocycles. The molecule has 0 unspecified atom stereocenters.